The van der Waals surface area contributed by atoms with Crippen LogP contribution >= 0.6 is 11.6 Å². The molecule has 8 heteroatoms. The fraction of sp³-hybridized carbons (Fsp3) is 0.278. The number of hydrogen-bond donors (Lipinski definition) is 2. The number of ether oxygens (including phenoxy) is 1. The molecular weight excluding hydrogens is 360 g/mol. The summed E-state index contributed by atoms with van der Waals surface area (Å²) in [5, 5.41) is 5.72. The highest BCUT2D eigenvalue weighted by molar-refractivity contribution is 6.31. The second-order valence-electron chi connectivity index (χ2n) is 5.53. The molecule has 0 fully saturated rings. The minimum Gasteiger partial charge on any atom is -0.467 e. The Morgan fingerprint density at radius 3 is 2.65 bits per heavy atom. The van der Waals surface area contributed by atoms with Gasteiger partial charge in [-0.15, -0.1) is 0 Å². The van der Waals surface area contributed by atoms with Crippen molar-refractivity contribution in [3.63, 3.8) is 0 Å². The first-order valence-corrected chi connectivity index (χ1v) is 8.32. The summed E-state index contributed by atoms with van der Waals surface area (Å²) in [4.78, 5) is 35.0. The molecule has 0 saturated carbocycles. The molecule has 2 N–H and O–H groups in total. The Morgan fingerprint density at radius 1 is 1.15 bits per heavy atom. The van der Waals surface area contributed by atoms with E-state index >= 15 is 0 Å². The molecule has 0 unspecified atom stereocenters. The number of nitrogens with one attached hydrogen (secondary N) is 2. The number of aryl methyl sites for hydroxylation is 1. The molecule has 0 aliphatic carbocycles. The van der Waals surface area contributed by atoms with E-state index in [1.54, 1.807) is 30.3 Å². The maximum Gasteiger partial charge on any atom is 0.306 e. The quantitative estimate of drug-likeness (QED) is 0.688. The van der Waals surface area contributed by atoms with Crippen molar-refractivity contribution in [1.29, 1.82) is 0 Å². The number of benzene rings is 1. The third kappa shape index (κ3) is 6.60. The van der Waals surface area contributed by atoms with E-state index < -0.39 is 18.5 Å². The first-order valence-electron chi connectivity index (χ1n) is 7.95. The molecule has 0 bridgehead atoms. The highest BCUT2D eigenvalue weighted by Crippen LogP contribution is 2.19. The van der Waals surface area contributed by atoms with Crippen LogP contribution in [0, 0.1) is 6.92 Å². The summed E-state index contributed by atoms with van der Waals surface area (Å²) < 4.78 is 9.93. The Morgan fingerprint density at radius 2 is 1.96 bits per heavy atom. The summed E-state index contributed by atoms with van der Waals surface area (Å²) >= 11 is 5.97. The molecule has 0 atom stereocenters. The van der Waals surface area contributed by atoms with Crippen molar-refractivity contribution in [2.45, 2.75) is 26.3 Å². The summed E-state index contributed by atoms with van der Waals surface area (Å²) in [5.41, 5.74) is 1.40. The summed E-state index contributed by atoms with van der Waals surface area (Å²) in [6, 6.07) is 8.53. The molecule has 0 spiro atoms. The minimum absolute atomic E-state index is 0.0330. The molecule has 1 heterocycles. The maximum atomic E-state index is 11.8. The zero-order valence-electron chi connectivity index (χ0n) is 14.2. The van der Waals surface area contributed by atoms with Crippen LogP contribution in [-0.4, -0.2) is 24.4 Å². The summed E-state index contributed by atoms with van der Waals surface area (Å²) in [6.45, 7) is 1.67. The number of carbonyl (C=O) groups excluding carboxylic acids is 3. The van der Waals surface area contributed by atoms with Crippen LogP contribution in [0.5, 0.6) is 0 Å². The van der Waals surface area contributed by atoms with Crippen LogP contribution < -0.4 is 10.6 Å². The molecule has 2 amide bonds. The molecule has 1 aromatic heterocycles. The van der Waals surface area contributed by atoms with Gasteiger partial charge in [-0.25, -0.2) is 0 Å². The number of rotatable bonds is 8. The number of furan rings is 1. The molecule has 2 rings (SSSR count). The van der Waals surface area contributed by atoms with Crippen molar-refractivity contribution in [3.05, 3.63) is 52.9 Å². The van der Waals surface area contributed by atoms with E-state index in [4.69, 9.17) is 20.8 Å². The van der Waals surface area contributed by atoms with Crippen LogP contribution in [-0.2, 0) is 25.7 Å². The van der Waals surface area contributed by atoms with Crippen LogP contribution in [0.1, 0.15) is 24.2 Å². The van der Waals surface area contributed by atoms with Gasteiger partial charge >= 0.3 is 5.97 Å². The number of amides is 2. The predicted molar refractivity (Wildman–Crippen MR) is 95.6 cm³/mol. The average Bonchev–Trinajstić information content (AvgIpc) is 3.13. The van der Waals surface area contributed by atoms with Crippen molar-refractivity contribution >= 4 is 35.1 Å². The lowest BCUT2D eigenvalue weighted by Crippen LogP contribution is -2.24. The van der Waals surface area contributed by atoms with Gasteiger partial charge in [-0.05, 0) is 36.8 Å². The van der Waals surface area contributed by atoms with Gasteiger partial charge in [0.2, 0.25) is 5.91 Å². The molecular formula is C18H19ClN2O5. The normalized spacial score (nSPS) is 10.2. The van der Waals surface area contributed by atoms with Crippen LogP contribution in [0.15, 0.2) is 41.0 Å². The van der Waals surface area contributed by atoms with Crippen LogP contribution in [0.25, 0.3) is 0 Å². The third-order valence-corrected chi connectivity index (χ3v) is 3.82. The van der Waals surface area contributed by atoms with Crippen molar-refractivity contribution in [2.24, 2.45) is 0 Å². The van der Waals surface area contributed by atoms with Crippen LogP contribution in [0.2, 0.25) is 5.02 Å². The lowest BCUT2D eigenvalue weighted by atomic mass is 10.2. The van der Waals surface area contributed by atoms with Crippen molar-refractivity contribution in [2.75, 3.05) is 11.9 Å². The Balaban J connectivity index is 1.63. The second-order valence-corrected chi connectivity index (χ2v) is 5.94. The second kappa shape index (κ2) is 9.62. The van der Waals surface area contributed by atoms with E-state index in [9.17, 15) is 14.4 Å². The molecule has 0 aliphatic heterocycles. The topological polar surface area (TPSA) is 97.6 Å². The van der Waals surface area contributed by atoms with Gasteiger partial charge in [-0.3, -0.25) is 14.4 Å². The van der Waals surface area contributed by atoms with E-state index in [0.717, 1.165) is 5.56 Å². The van der Waals surface area contributed by atoms with Crippen molar-refractivity contribution in [1.82, 2.24) is 5.32 Å². The smallest absolute Gasteiger partial charge is 0.306 e. The SMILES string of the molecule is Cc1ccc(NC(=O)COC(=O)CCC(=O)NCc2ccco2)cc1Cl. The van der Waals surface area contributed by atoms with Crippen molar-refractivity contribution < 1.29 is 23.5 Å². The minimum atomic E-state index is -0.629. The highest BCUT2D eigenvalue weighted by Gasteiger charge is 2.11. The van der Waals surface area contributed by atoms with Gasteiger partial charge in [0.15, 0.2) is 6.61 Å². The van der Waals surface area contributed by atoms with E-state index in [-0.39, 0.29) is 25.3 Å². The Bertz CT molecular complexity index is 774. The average molecular weight is 379 g/mol. The summed E-state index contributed by atoms with van der Waals surface area (Å²) in [6.07, 6.45) is 1.36. The Labute approximate surface area is 155 Å². The fourth-order valence-corrected chi connectivity index (χ4v) is 2.17. The molecule has 1 aromatic carbocycles. The lowest BCUT2D eigenvalue weighted by Gasteiger charge is -2.08. The van der Waals surface area contributed by atoms with Gasteiger partial charge < -0.3 is 19.8 Å². The predicted octanol–water partition coefficient (Wildman–Crippen LogP) is 2.82. The molecule has 7 nitrogen and oxygen atoms in total. The molecule has 0 aliphatic rings. The zero-order valence-corrected chi connectivity index (χ0v) is 15.0. The Kier molecular flexibility index (Phi) is 7.23. The van der Waals surface area contributed by atoms with E-state index in [1.807, 2.05) is 6.92 Å². The monoisotopic (exact) mass is 378 g/mol. The largest absolute Gasteiger partial charge is 0.467 e. The van der Waals surface area contributed by atoms with Gasteiger partial charge in [-0.2, -0.15) is 0 Å². The lowest BCUT2D eigenvalue weighted by molar-refractivity contribution is -0.148. The standard InChI is InChI=1S/C18H19ClN2O5/c1-12-4-5-13(9-15(12)19)21-17(23)11-26-18(24)7-6-16(22)20-10-14-3-2-8-25-14/h2-5,8-9H,6-7,10-11H2,1H3,(H,20,22)(H,21,23). The number of esters is 1. The number of halogens is 1. The zero-order chi connectivity index (χ0) is 18.9. The Hall–Kier alpha value is -2.80. The number of carbonyl (C=O) groups is 3. The molecule has 0 saturated heterocycles. The van der Waals surface area contributed by atoms with E-state index in [0.29, 0.717) is 16.5 Å². The third-order valence-electron chi connectivity index (χ3n) is 3.42. The van der Waals surface area contributed by atoms with Gasteiger partial charge in [0.25, 0.3) is 5.91 Å². The van der Waals surface area contributed by atoms with Crippen LogP contribution in [0.3, 0.4) is 0 Å². The molecule has 26 heavy (non-hydrogen) atoms. The molecule has 2 aromatic rings. The van der Waals surface area contributed by atoms with Gasteiger partial charge in [0.05, 0.1) is 19.2 Å². The summed E-state index contributed by atoms with van der Waals surface area (Å²) in [5.74, 6) is -0.804. The first-order chi connectivity index (χ1) is 12.4. The first kappa shape index (κ1) is 19.5. The molecule has 138 valence electrons. The fourth-order valence-electron chi connectivity index (χ4n) is 1.99. The number of hydrogen-bond acceptors (Lipinski definition) is 5. The van der Waals surface area contributed by atoms with E-state index in [1.165, 1.54) is 6.26 Å². The highest BCUT2D eigenvalue weighted by atomic mass is 35.5. The number of anilines is 1. The molecule has 0 radical (unpaired) electrons. The van der Waals surface area contributed by atoms with Crippen LogP contribution in [0.4, 0.5) is 5.69 Å². The van der Waals surface area contributed by atoms with Gasteiger partial charge in [-0.1, -0.05) is 17.7 Å². The summed E-state index contributed by atoms with van der Waals surface area (Å²) in [7, 11) is 0. The maximum absolute atomic E-state index is 11.8. The van der Waals surface area contributed by atoms with E-state index in [2.05, 4.69) is 10.6 Å². The van der Waals surface area contributed by atoms with Gasteiger partial charge in [0, 0.05) is 17.1 Å². The van der Waals surface area contributed by atoms with Gasteiger partial charge in [0.1, 0.15) is 5.76 Å². The van der Waals surface area contributed by atoms with Crippen molar-refractivity contribution in [3.8, 4) is 0 Å².